The highest BCUT2D eigenvalue weighted by Gasteiger charge is 2.24. The van der Waals surface area contributed by atoms with Gasteiger partial charge in [0, 0.05) is 36.4 Å². The standard InChI is InChI=1S/C25H33N3O4S2/c1-4-19(23(29)26-15-17-9-7-13-32-17)34-25-27-21-18-10-5-6-11-20(18)33-22(21)24(30)28(25)12-8-14-31-16(2)3/h5-6,10-11,16-17,19H,4,7-9,12-15H2,1-3H3,(H,26,29). The maximum absolute atomic E-state index is 13.5. The van der Waals surface area contributed by atoms with Crippen LogP contribution in [0.15, 0.2) is 34.2 Å². The topological polar surface area (TPSA) is 82.5 Å². The van der Waals surface area contributed by atoms with E-state index in [9.17, 15) is 9.59 Å². The fourth-order valence-electron chi connectivity index (χ4n) is 4.07. The van der Waals surface area contributed by atoms with Crippen LogP contribution in [-0.2, 0) is 20.8 Å². The molecule has 1 saturated heterocycles. The summed E-state index contributed by atoms with van der Waals surface area (Å²) in [5, 5.41) is 4.27. The van der Waals surface area contributed by atoms with Crippen molar-refractivity contribution in [1.82, 2.24) is 14.9 Å². The minimum Gasteiger partial charge on any atom is -0.379 e. The largest absolute Gasteiger partial charge is 0.379 e. The van der Waals surface area contributed by atoms with Crippen molar-refractivity contribution in [3.05, 3.63) is 34.6 Å². The summed E-state index contributed by atoms with van der Waals surface area (Å²) >= 11 is 2.85. The average molecular weight is 504 g/mol. The molecule has 1 fully saturated rings. The van der Waals surface area contributed by atoms with Gasteiger partial charge in [0.05, 0.1) is 23.0 Å². The van der Waals surface area contributed by atoms with Gasteiger partial charge in [-0.15, -0.1) is 11.3 Å². The quantitative estimate of drug-likeness (QED) is 0.234. The van der Waals surface area contributed by atoms with Crippen molar-refractivity contribution in [2.75, 3.05) is 19.8 Å². The molecular weight excluding hydrogens is 470 g/mol. The van der Waals surface area contributed by atoms with Gasteiger partial charge < -0.3 is 14.8 Å². The Morgan fingerprint density at radius 3 is 2.94 bits per heavy atom. The molecule has 3 heterocycles. The number of nitrogens with zero attached hydrogens (tertiary/aromatic N) is 2. The molecule has 7 nitrogen and oxygen atoms in total. The molecule has 0 aliphatic carbocycles. The summed E-state index contributed by atoms with van der Waals surface area (Å²) in [5.41, 5.74) is 0.672. The van der Waals surface area contributed by atoms with Crippen LogP contribution in [0.1, 0.15) is 46.5 Å². The number of amides is 1. The third kappa shape index (κ3) is 5.82. The van der Waals surface area contributed by atoms with Gasteiger partial charge in [-0.25, -0.2) is 4.98 Å². The van der Waals surface area contributed by atoms with Crippen molar-refractivity contribution in [2.24, 2.45) is 0 Å². The maximum Gasteiger partial charge on any atom is 0.272 e. The number of thioether (sulfide) groups is 1. The molecule has 0 radical (unpaired) electrons. The van der Waals surface area contributed by atoms with Crippen LogP contribution in [0.4, 0.5) is 0 Å². The van der Waals surface area contributed by atoms with E-state index in [1.807, 2.05) is 45.0 Å². The molecule has 4 rings (SSSR count). The van der Waals surface area contributed by atoms with Crippen LogP contribution in [0.3, 0.4) is 0 Å². The fourth-order valence-corrected chi connectivity index (χ4v) is 6.21. The number of hydrogen-bond donors (Lipinski definition) is 1. The zero-order valence-corrected chi connectivity index (χ0v) is 21.7. The number of benzene rings is 1. The number of carbonyl (C=O) groups is 1. The molecule has 0 spiro atoms. The summed E-state index contributed by atoms with van der Waals surface area (Å²) in [6, 6.07) is 7.95. The van der Waals surface area contributed by atoms with Crippen molar-refractivity contribution in [3.8, 4) is 0 Å². The first-order chi connectivity index (χ1) is 16.5. The van der Waals surface area contributed by atoms with E-state index in [1.54, 1.807) is 4.57 Å². The summed E-state index contributed by atoms with van der Waals surface area (Å²) in [5.74, 6) is -0.0396. The van der Waals surface area contributed by atoms with Crippen LogP contribution in [0.5, 0.6) is 0 Å². The van der Waals surface area contributed by atoms with Gasteiger partial charge in [0.25, 0.3) is 5.56 Å². The first-order valence-corrected chi connectivity index (χ1v) is 13.8. The number of rotatable bonds is 11. The molecule has 1 amide bonds. The van der Waals surface area contributed by atoms with Gasteiger partial charge in [-0.1, -0.05) is 36.9 Å². The van der Waals surface area contributed by atoms with Crippen LogP contribution < -0.4 is 10.9 Å². The van der Waals surface area contributed by atoms with E-state index in [0.29, 0.717) is 42.4 Å². The fraction of sp³-hybridized carbons (Fsp3) is 0.560. The van der Waals surface area contributed by atoms with Gasteiger partial charge in [0.1, 0.15) is 4.70 Å². The van der Waals surface area contributed by atoms with Crippen molar-refractivity contribution in [2.45, 2.75) is 75.6 Å². The number of aromatic nitrogens is 2. The SMILES string of the molecule is CCC(Sc1nc2c(sc3ccccc32)c(=O)n1CCCOC(C)C)C(=O)NCC1CCCO1. The lowest BCUT2D eigenvalue weighted by Crippen LogP contribution is -2.37. The normalized spacial score (nSPS) is 17.1. The van der Waals surface area contributed by atoms with Crippen LogP contribution in [-0.4, -0.2) is 52.7 Å². The Hall–Kier alpha value is -1.94. The summed E-state index contributed by atoms with van der Waals surface area (Å²) in [4.78, 5) is 31.5. The number of carbonyl (C=O) groups excluding carboxylic acids is 1. The van der Waals surface area contributed by atoms with Gasteiger partial charge >= 0.3 is 0 Å². The van der Waals surface area contributed by atoms with Gasteiger partial charge in [0.15, 0.2) is 5.16 Å². The number of thiophene rings is 1. The minimum atomic E-state index is -0.339. The number of nitrogens with one attached hydrogen (secondary N) is 1. The lowest BCUT2D eigenvalue weighted by atomic mass is 10.2. The van der Waals surface area contributed by atoms with Crippen LogP contribution >= 0.6 is 23.1 Å². The number of fused-ring (bicyclic) bond motifs is 3. The predicted molar refractivity (Wildman–Crippen MR) is 139 cm³/mol. The zero-order chi connectivity index (χ0) is 24.1. The summed E-state index contributed by atoms with van der Waals surface area (Å²) in [6.07, 6.45) is 3.59. The van der Waals surface area contributed by atoms with Gasteiger partial charge in [0.2, 0.25) is 5.91 Å². The summed E-state index contributed by atoms with van der Waals surface area (Å²) < 4.78 is 14.7. The highest BCUT2D eigenvalue weighted by molar-refractivity contribution is 8.00. The Labute approximate surface area is 208 Å². The molecule has 2 atom stereocenters. The molecule has 1 aliphatic rings. The maximum atomic E-state index is 13.5. The first kappa shape index (κ1) is 25.2. The monoisotopic (exact) mass is 503 g/mol. The van der Waals surface area contributed by atoms with Crippen LogP contribution in [0, 0.1) is 0 Å². The Balaban J connectivity index is 1.62. The molecule has 1 aliphatic heterocycles. The minimum absolute atomic E-state index is 0.0396. The molecule has 3 aromatic rings. The zero-order valence-electron chi connectivity index (χ0n) is 20.0. The second-order valence-electron chi connectivity index (χ2n) is 8.80. The molecule has 34 heavy (non-hydrogen) atoms. The van der Waals surface area contributed by atoms with E-state index in [4.69, 9.17) is 14.5 Å². The average Bonchev–Trinajstić information content (AvgIpc) is 3.48. The van der Waals surface area contributed by atoms with Gasteiger partial charge in [-0.3, -0.25) is 14.2 Å². The lowest BCUT2D eigenvalue weighted by Gasteiger charge is -2.19. The Bertz CT molecular complexity index is 1180. The van der Waals surface area contributed by atoms with Gasteiger partial charge in [-0.2, -0.15) is 0 Å². The molecule has 1 N–H and O–H groups in total. The van der Waals surface area contributed by atoms with E-state index in [1.165, 1.54) is 23.1 Å². The van der Waals surface area contributed by atoms with E-state index >= 15 is 0 Å². The van der Waals surface area contributed by atoms with Crippen molar-refractivity contribution >= 4 is 49.3 Å². The molecule has 1 aromatic carbocycles. The molecule has 2 aromatic heterocycles. The lowest BCUT2D eigenvalue weighted by molar-refractivity contribution is -0.121. The van der Waals surface area contributed by atoms with E-state index in [2.05, 4.69) is 5.32 Å². The second-order valence-corrected chi connectivity index (χ2v) is 11.0. The van der Waals surface area contributed by atoms with E-state index < -0.39 is 0 Å². The molecule has 0 bridgehead atoms. The molecular formula is C25H33N3O4S2. The molecule has 184 valence electrons. The Morgan fingerprint density at radius 2 is 2.21 bits per heavy atom. The highest BCUT2D eigenvalue weighted by atomic mass is 32.2. The van der Waals surface area contributed by atoms with Crippen molar-refractivity contribution < 1.29 is 14.3 Å². The summed E-state index contributed by atoms with van der Waals surface area (Å²) in [7, 11) is 0. The van der Waals surface area contributed by atoms with Crippen LogP contribution in [0.25, 0.3) is 20.3 Å². The van der Waals surface area contributed by atoms with E-state index in [-0.39, 0.29) is 28.9 Å². The van der Waals surface area contributed by atoms with Gasteiger partial charge in [-0.05, 0) is 45.6 Å². The number of hydrogen-bond acceptors (Lipinski definition) is 7. The van der Waals surface area contributed by atoms with Crippen LogP contribution in [0.2, 0.25) is 0 Å². The molecule has 9 heteroatoms. The predicted octanol–water partition coefficient (Wildman–Crippen LogP) is 4.59. The summed E-state index contributed by atoms with van der Waals surface area (Å²) in [6.45, 7) is 8.34. The number of ether oxygens (including phenoxy) is 2. The van der Waals surface area contributed by atoms with Crippen molar-refractivity contribution in [3.63, 3.8) is 0 Å². The van der Waals surface area contributed by atoms with Crippen molar-refractivity contribution in [1.29, 1.82) is 0 Å². The van der Waals surface area contributed by atoms with E-state index in [0.717, 1.165) is 35.1 Å². The highest BCUT2D eigenvalue weighted by Crippen LogP contribution is 2.33. The first-order valence-electron chi connectivity index (χ1n) is 12.1. The Kier molecular flexibility index (Phi) is 8.63. The third-order valence-electron chi connectivity index (χ3n) is 5.86. The molecule has 2 unspecified atom stereocenters. The molecule has 0 saturated carbocycles. The Morgan fingerprint density at radius 1 is 1.38 bits per heavy atom. The third-order valence-corrected chi connectivity index (χ3v) is 8.37. The smallest absolute Gasteiger partial charge is 0.272 e. The second kappa shape index (κ2) is 11.7.